The van der Waals surface area contributed by atoms with Crippen molar-refractivity contribution in [3.63, 3.8) is 0 Å². The fourth-order valence-corrected chi connectivity index (χ4v) is 5.60. The summed E-state index contributed by atoms with van der Waals surface area (Å²) in [6, 6.07) is 9.33. The van der Waals surface area contributed by atoms with Gasteiger partial charge in [-0.1, -0.05) is 18.7 Å². The number of hydrogen-bond donors (Lipinski definition) is 1. The molecule has 9 nitrogen and oxygen atoms in total. The van der Waals surface area contributed by atoms with Crippen molar-refractivity contribution < 1.29 is 9.53 Å². The number of rotatable bonds is 9. The van der Waals surface area contributed by atoms with Crippen LogP contribution in [0.25, 0.3) is 16.6 Å². The van der Waals surface area contributed by atoms with Crippen molar-refractivity contribution >= 4 is 17.2 Å². The number of fused-ring (bicyclic) bond motifs is 3. The Labute approximate surface area is 234 Å². The van der Waals surface area contributed by atoms with Crippen molar-refractivity contribution in [1.82, 2.24) is 24.8 Å². The molecule has 3 aliphatic heterocycles. The third-order valence-electron chi connectivity index (χ3n) is 8.12. The van der Waals surface area contributed by atoms with E-state index in [9.17, 15) is 10.1 Å². The summed E-state index contributed by atoms with van der Waals surface area (Å²) in [5.74, 6) is 1.68. The number of anilines is 1. The first-order chi connectivity index (χ1) is 19.5. The van der Waals surface area contributed by atoms with E-state index < -0.39 is 0 Å². The van der Waals surface area contributed by atoms with Crippen LogP contribution < -0.4 is 10.2 Å². The zero-order chi connectivity index (χ0) is 27.8. The summed E-state index contributed by atoms with van der Waals surface area (Å²) in [6.45, 7) is 8.64. The number of piperidine rings is 1. The summed E-state index contributed by atoms with van der Waals surface area (Å²) in [7, 11) is 1.68. The van der Waals surface area contributed by atoms with Gasteiger partial charge >= 0.3 is 0 Å². The van der Waals surface area contributed by atoms with Crippen LogP contribution in [-0.2, 0) is 4.74 Å². The fraction of sp³-hybridized carbons (Fsp3) is 0.355. The molecule has 6 heterocycles. The number of nitrogens with zero attached hydrogens (tertiary/aromatic N) is 6. The number of aromatic nitrogens is 3. The average molecular weight is 536 g/mol. The SMILES string of the molecule is C=C/C(=C\C=C(/C)OC)CN1C2CC1CN(c1ccc(-c3cc(C(=O)NC4CC4)cn4ncc(C#N)c34)cn1)C2. The molecule has 3 aromatic heterocycles. The molecule has 40 heavy (non-hydrogen) atoms. The number of nitrogens with one attached hydrogen (secondary N) is 1. The van der Waals surface area contributed by atoms with E-state index in [4.69, 9.17) is 9.72 Å². The summed E-state index contributed by atoms with van der Waals surface area (Å²) < 4.78 is 6.86. The minimum atomic E-state index is -0.124. The number of methoxy groups -OCH3 is 1. The van der Waals surface area contributed by atoms with Crippen LogP contribution in [0.3, 0.4) is 0 Å². The van der Waals surface area contributed by atoms with Crippen molar-refractivity contribution in [1.29, 1.82) is 5.26 Å². The molecule has 9 heteroatoms. The second-order valence-electron chi connectivity index (χ2n) is 10.8. The van der Waals surface area contributed by atoms with Gasteiger partial charge in [-0.25, -0.2) is 9.50 Å². The first-order valence-corrected chi connectivity index (χ1v) is 13.7. The number of carbonyl (C=O) groups excluding carboxylic acids is 1. The zero-order valence-electron chi connectivity index (χ0n) is 22.9. The lowest BCUT2D eigenvalue weighted by Gasteiger charge is -2.56. The number of amides is 1. The molecule has 1 amide bonds. The Bertz CT molecular complexity index is 1550. The van der Waals surface area contributed by atoms with Gasteiger partial charge in [0.15, 0.2) is 0 Å². The molecular weight excluding hydrogens is 502 g/mol. The van der Waals surface area contributed by atoms with Crippen LogP contribution in [0.2, 0.25) is 0 Å². The van der Waals surface area contributed by atoms with Crippen molar-refractivity contribution in [2.24, 2.45) is 0 Å². The maximum atomic E-state index is 12.8. The number of piperazine rings is 1. The van der Waals surface area contributed by atoms with Gasteiger partial charge in [-0.05, 0) is 56.0 Å². The van der Waals surface area contributed by atoms with E-state index >= 15 is 0 Å². The number of nitriles is 1. The smallest absolute Gasteiger partial charge is 0.253 e. The summed E-state index contributed by atoms with van der Waals surface area (Å²) in [5.41, 5.74) is 4.45. The maximum Gasteiger partial charge on any atom is 0.253 e. The van der Waals surface area contributed by atoms with Gasteiger partial charge in [0.05, 0.1) is 35.7 Å². The average Bonchev–Trinajstić information content (AvgIpc) is 3.71. The summed E-state index contributed by atoms with van der Waals surface area (Å²) in [5, 5.41) is 17.1. The van der Waals surface area contributed by atoms with Crippen LogP contribution in [0.15, 0.2) is 72.9 Å². The highest BCUT2D eigenvalue weighted by molar-refractivity contribution is 5.98. The fourth-order valence-electron chi connectivity index (χ4n) is 5.60. The normalized spacial score (nSPS) is 21.1. The zero-order valence-corrected chi connectivity index (χ0v) is 22.9. The molecule has 7 rings (SSSR count). The van der Waals surface area contributed by atoms with Crippen LogP contribution >= 0.6 is 0 Å². The molecule has 1 N–H and O–H groups in total. The van der Waals surface area contributed by atoms with Gasteiger partial charge in [0, 0.05) is 61.3 Å². The highest BCUT2D eigenvalue weighted by Gasteiger charge is 2.44. The lowest BCUT2D eigenvalue weighted by molar-refractivity contribution is 0.00883. The van der Waals surface area contributed by atoms with Crippen molar-refractivity contribution in [3.05, 3.63) is 84.1 Å². The van der Waals surface area contributed by atoms with Crippen LogP contribution in [0.4, 0.5) is 5.82 Å². The standard InChI is InChI=1S/C31H33N7O2/c1-4-21(6-5-20(2)40-3)16-37-26-12-27(37)19-36(18-26)29-10-7-22(14-33-29)28-11-23(31(39)35-25-8-9-25)17-38-30(28)24(13-32)15-34-38/h4-7,10-11,14-15,17,25-27H,1,8-9,12,16,18-19H2,2-3H3,(H,35,39)/b20-5+,21-6+. The second kappa shape index (κ2) is 10.6. The van der Waals surface area contributed by atoms with Crippen LogP contribution in [0.1, 0.15) is 42.1 Å². The van der Waals surface area contributed by atoms with E-state index in [2.05, 4.69) is 38.9 Å². The van der Waals surface area contributed by atoms with Gasteiger partial charge in [0.2, 0.25) is 0 Å². The predicted octanol–water partition coefficient (Wildman–Crippen LogP) is 4.09. The second-order valence-corrected chi connectivity index (χ2v) is 10.8. The van der Waals surface area contributed by atoms with Crippen molar-refractivity contribution in [2.45, 2.75) is 44.3 Å². The Hall–Kier alpha value is -4.42. The molecule has 2 bridgehead atoms. The largest absolute Gasteiger partial charge is 0.501 e. The molecule has 0 radical (unpaired) electrons. The third kappa shape index (κ3) is 4.98. The Morgan fingerprint density at radius 1 is 1.25 bits per heavy atom. The first kappa shape index (κ1) is 25.8. The minimum Gasteiger partial charge on any atom is -0.501 e. The van der Waals surface area contributed by atoms with E-state index in [0.717, 1.165) is 55.2 Å². The number of hydrogen-bond acceptors (Lipinski definition) is 7. The van der Waals surface area contributed by atoms with Gasteiger partial charge in [-0.3, -0.25) is 9.69 Å². The van der Waals surface area contributed by atoms with E-state index in [1.54, 1.807) is 17.8 Å². The Balaban J connectivity index is 1.20. The molecule has 1 aliphatic carbocycles. The molecule has 3 aromatic rings. The predicted molar refractivity (Wildman–Crippen MR) is 154 cm³/mol. The molecular formula is C31H33N7O2. The maximum absolute atomic E-state index is 12.8. The molecule has 1 saturated carbocycles. The lowest BCUT2D eigenvalue weighted by Crippen LogP contribution is -2.69. The molecule has 2 atom stereocenters. The van der Waals surface area contributed by atoms with E-state index in [-0.39, 0.29) is 11.9 Å². The van der Waals surface area contributed by atoms with Crippen LogP contribution in [0, 0.1) is 11.3 Å². The number of pyridine rings is 2. The molecule has 4 aliphatic rings. The lowest BCUT2D eigenvalue weighted by atomic mass is 9.86. The van der Waals surface area contributed by atoms with Crippen LogP contribution in [-0.4, -0.2) is 70.3 Å². The molecule has 3 saturated heterocycles. The number of allylic oxidation sites excluding steroid dienone is 3. The highest BCUT2D eigenvalue weighted by Crippen LogP contribution is 2.36. The molecule has 204 valence electrons. The summed E-state index contributed by atoms with van der Waals surface area (Å²) >= 11 is 0. The van der Waals surface area contributed by atoms with Gasteiger partial charge < -0.3 is 15.0 Å². The number of carbonyl (C=O) groups is 1. The van der Waals surface area contributed by atoms with Crippen LogP contribution in [0.5, 0.6) is 0 Å². The summed E-state index contributed by atoms with van der Waals surface area (Å²) in [6.07, 6.45) is 14.3. The highest BCUT2D eigenvalue weighted by atomic mass is 16.5. The third-order valence-corrected chi connectivity index (χ3v) is 8.12. The monoisotopic (exact) mass is 535 g/mol. The Morgan fingerprint density at radius 2 is 2.05 bits per heavy atom. The summed E-state index contributed by atoms with van der Waals surface area (Å²) in [4.78, 5) is 22.5. The first-order valence-electron chi connectivity index (χ1n) is 13.7. The molecule has 0 spiro atoms. The van der Waals surface area contributed by atoms with Gasteiger partial charge in [0.25, 0.3) is 5.91 Å². The van der Waals surface area contributed by atoms with Crippen molar-refractivity contribution in [3.8, 4) is 17.2 Å². The quantitative estimate of drug-likeness (QED) is 0.326. The molecule has 0 aromatic carbocycles. The van der Waals surface area contributed by atoms with E-state index in [1.807, 2.05) is 43.5 Å². The minimum absolute atomic E-state index is 0.124. The van der Waals surface area contributed by atoms with Gasteiger partial charge in [-0.2, -0.15) is 10.4 Å². The van der Waals surface area contributed by atoms with Crippen molar-refractivity contribution in [2.75, 3.05) is 31.6 Å². The molecule has 4 fully saturated rings. The Kier molecular flexibility index (Phi) is 6.86. The van der Waals surface area contributed by atoms with E-state index in [1.165, 1.54) is 18.2 Å². The number of ether oxygens (including phenoxy) is 1. The van der Waals surface area contributed by atoms with E-state index in [0.29, 0.717) is 28.7 Å². The van der Waals surface area contributed by atoms with Gasteiger partial charge in [0.1, 0.15) is 11.9 Å². The molecule has 2 unspecified atom stereocenters. The topological polar surface area (TPSA) is 98.8 Å². The van der Waals surface area contributed by atoms with Gasteiger partial charge in [-0.15, -0.1) is 0 Å². The Morgan fingerprint density at radius 3 is 2.70 bits per heavy atom.